The predicted molar refractivity (Wildman–Crippen MR) is 77.0 cm³/mol. The molecule has 1 fully saturated rings. The summed E-state index contributed by atoms with van der Waals surface area (Å²) in [5, 5.41) is -0.227. The first-order valence-corrected chi connectivity index (χ1v) is 8.58. The number of benzene rings is 1. The van der Waals surface area contributed by atoms with Crippen molar-refractivity contribution >= 4 is 21.6 Å². The molecule has 1 aliphatic rings. The molecule has 0 amide bonds. The van der Waals surface area contributed by atoms with Gasteiger partial charge in [0.25, 0.3) is 0 Å². The molecule has 9 heteroatoms. The summed E-state index contributed by atoms with van der Waals surface area (Å²) in [6.07, 6.45) is -2.56. The van der Waals surface area contributed by atoms with E-state index >= 15 is 0 Å². The highest BCUT2D eigenvalue weighted by Gasteiger charge is 2.37. The summed E-state index contributed by atoms with van der Waals surface area (Å²) in [6, 6.07) is 1.89. The molecule has 1 aliphatic heterocycles. The molecule has 0 aromatic heterocycles. The van der Waals surface area contributed by atoms with Crippen LogP contribution in [-0.2, 0) is 16.2 Å². The lowest BCUT2D eigenvalue weighted by Crippen LogP contribution is -2.47. The molecule has 1 saturated heterocycles. The van der Waals surface area contributed by atoms with Crippen LogP contribution in [0, 0.1) is 0 Å². The summed E-state index contributed by atoms with van der Waals surface area (Å²) in [5.74, 6) is 0. The third-order valence-corrected chi connectivity index (χ3v) is 6.12. The first kappa shape index (κ1) is 17.5. The van der Waals surface area contributed by atoms with Gasteiger partial charge in [-0.05, 0) is 31.0 Å². The molecular formula is C13H16ClF3N2O2S. The van der Waals surface area contributed by atoms with Crippen molar-refractivity contribution in [3.05, 3.63) is 28.8 Å². The van der Waals surface area contributed by atoms with Gasteiger partial charge in [0.1, 0.15) is 4.90 Å². The summed E-state index contributed by atoms with van der Waals surface area (Å²) in [7, 11) is -4.12. The highest BCUT2D eigenvalue weighted by Crippen LogP contribution is 2.35. The lowest BCUT2D eigenvalue weighted by Gasteiger charge is -2.34. The van der Waals surface area contributed by atoms with Gasteiger partial charge < -0.3 is 5.73 Å². The van der Waals surface area contributed by atoms with Gasteiger partial charge in [0.05, 0.1) is 10.6 Å². The lowest BCUT2D eigenvalue weighted by molar-refractivity contribution is -0.137. The van der Waals surface area contributed by atoms with Crippen molar-refractivity contribution in [3.8, 4) is 0 Å². The Morgan fingerprint density at radius 3 is 2.59 bits per heavy atom. The Balaban J connectivity index is 2.49. The molecule has 22 heavy (non-hydrogen) atoms. The Morgan fingerprint density at radius 2 is 2.00 bits per heavy atom. The first-order valence-electron chi connectivity index (χ1n) is 6.76. The van der Waals surface area contributed by atoms with Gasteiger partial charge in [0, 0.05) is 19.1 Å². The highest BCUT2D eigenvalue weighted by atomic mass is 35.5. The fraction of sp³-hybridized carbons (Fsp3) is 0.538. The van der Waals surface area contributed by atoms with E-state index in [0.717, 1.165) is 22.9 Å². The Morgan fingerprint density at radius 1 is 1.32 bits per heavy atom. The maximum Gasteiger partial charge on any atom is 0.416 e. The summed E-state index contributed by atoms with van der Waals surface area (Å²) in [6.45, 7) is 0.354. The second-order valence-electron chi connectivity index (χ2n) is 5.14. The van der Waals surface area contributed by atoms with Gasteiger partial charge >= 0.3 is 6.18 Å². The van der Waals surface area contributed by atoms with Crippen LogP contribution >= 0.6 is 11.6 Å². The Hall–Kier alpha value is -0.830. The van der Waals surface area contributed by atoms with E-state index in [9.17, 15) is 21.6 Å². The third-order valence-electron chi connectivity index (χ3n) is 3.69. The lowest BCUT2D eigenvalue weighted by atomic mass is 10.1. The number of hydrogen-bond acceptors (Lipinski definition) is 3. The molecule has 1 atom stereocenters. The zero-order valence-corrected chi connectivity index (χ0v) is 13.2. The van der Waals surface area contributed by atoms with Gasteiger partial charge in [-0.2, -0.15) is 17.5 Å². The van der Waals surface area contributed by atoms with Crippen LogP contribution in [0.15, 0.2) is 23.1 Å². The molecule has 0 radical (unpaired) electrons. The number of halogens is 4. The van der Waals surface area contributed by atoms with Crippen molar-refractivity contribution in [2.24, 2.45) is 5.73 Å². The number of hydrogen-bond donors (Lipinski definition) is 1. The minimum absolute atomic E-state index is 0.121. The molecule has 0 bridgehead atoms. The Labute approximate surface area is 132 Å². The highest BCUT2D eigenvalue weighted by molar-refractivity contribution is 7.89. The van der Waals surface area contributed by atoms with Gasteiger partial charge in [-0.1, -0.05) is 18.0 Å². The fourth-order valence-electron chi connectivity index (χ4n) is 2.53. The molecule has 124 valence electrons. The maximum atomic E-state index is 12.8. The van der Waals surface area contributed by atoms with E-state index in [0.29, 0.717) is 18.9 Å². The van der Waals surface area contributed by atoms with Crippen LogP contribution in [0.3, 0.4) is 0 Å². The predicted octanol–water partition coefficient (Wildman–Crippen LogP) is 2.86. The largest absolute Gasteiger partial charge is 0.416 e. The molecule has 1 aromatic rings. The van der Waals surface area contributed by atoms with E-state index in [2.05, 4.69) is 0 Å². The van der Waals surface area contributed by atoms with Crippen molar-refractivity contribution in [2.45, 2.75) is 36.4 Å². The normalized spacial score (nSPS) is 21.0. The number of rotatable bonds is 3. The van der Waals surface area contributed by atoms with Crippen LogP contribution in [0.1, 0.15) is 24.8 Å². The van der Waals surface area contributed by atoms with Crippen LogP contribution in [0.4, 0.5) is 13.2 Å². The van der Waals surface area contributed by atoms with Crippen LogP contribution in [0.25, 0.3) is 0 Å². The summed E-state index contributed by atoms with van der Waals surface area (Å²) >= 11 is 5.84. The van der Waals surface area contributed by atoms with E-state index in [1.165, 1.54) is 0 Å². The first-order chi connectivity index (χ1) is 10.2. The number of nitrogens with two attached hydrogens (primary N) is 1. The minimum Gasteiger partial charge on any atom is -0.329 e. The van der Waals surface area contributed by atoms with Crippen molar-refractivity contribution in [2.75, 3.05) is 13.1 Å². The van der Waals surface area contributed by atoms with E-state index < -0.39 is 32.7 Å². The molecule has 4 nitrogen and oxygen atoms in total. The standard InChI is InChI=1S/C13H16ClF3N2O2S/c14-11-5-4-9(13(15,16)17)7-12(11)22(20,21)19-6-2-1-3-10(19)8-18/h4-5,7,10H,1-3,6,8,18H2. The molecule has 0 saturated carbocycles. The zero-order chi connectivity index (χ0) is 16.5. The van der Waals surface area contributed by atoms with Crippen LogP contribution in [0.2, 0.25) is 5.02 Å². The topological polar surface area (TPSA) is 63.4 Å². The Bertz CT molecular complexity index is 649. The average Bonchev–Trinajstić information content (AvgIpc) is 2.46. The molecule has 0 spiro atoms. The summed E-state index contributed by atoms with van der Waals surface area (Å²) in [5.41, 5.74) is 4.54. The smallest absolute Gasteiger partial charge is 0.329 e. The van der Waals surface area contributed by atoms with Crippen LogP contribution < -0.4 is 5.73 Å². The number of nitrogens with zero attached hydrogens (tertiary/aromatic N) is 1. The van der Waals surface area contributed by atoms with Gasteiger partial charge in [-0.25, -0.2) is 8.42 Å². The number of sulfonamides is 1. The third kappa shape index (κ3) is 3.40. The minimum atomic E-state index is -4.63. The van der Waals surface area contributed by atoms with E-state index in [-0.39, 0.29) is 18.1 Å². The molecular weight excluding hydrogens is 341 g/mol. The zero-order valence-electron chi connectivity index (χ0n) is 11.6. The maximum absolute atomic E-state index is 12.8. The number of alkyl halides is 3. The summed E-state index contributed by atoms with van der Waals surface area (Å²) in [4.78, 5) is -0.524. The average molecular weight is 357 g/mol. The molecule has 2 N–H and O–H groups in total. The van der Waals surface area contributed by atoms with Crippen LogP contribution in [-0.4, -0.2) is 31.9 Å². The van der Waals surface area contributed by atoms with Crippen LogP contribution in [0.5, 0.6) is 0 Å². The monoisotopic (exact) mass is 356 g/mol. The van der Waals surface area contributed by atoms with E-state index in [1.54, 1.807) is 0 Å². The van der Waals surface area contributed by atoms with Gasteiger partial charge in [-0.3, -0.25) is 0 Å². The molecule has 0 aliphatic carbocycles. The van der Waals surface area contributed by atoms with Gasteiger partial charge in [0.2, 0.25) is 10.0 Å². The molecule has 1 aromatic carbocycles. The van der Waals surface area contributed by atoms with Crippen molar-refractivity contribution < 1.29 is 21.6 Å². The number of piperidine rings is 1. The van der Waals surface area contributed by atoms with Crippen molar-refractivity contribution in [3.63, 3.8) is 0 Å². The van der Waals surface area contributed by atoms with Gasteiger partial charge in [0.15, 0.2) is 0 Å². The SMILES string of the molecule is NCC1CCCCN1S(=O)(=O)c1cc(C(F)(F)F)ccc1Cl. The quantitative estimate of drug-likeness (QED) is 0.905. The van der Waals surface area contributed by atoms with Crippen molar-refractivity contribution in [1.29, 1.82) is 0 Å². The second-order valence-corrected chi connectivity index (χ2v) is 7.41. The second kappa shape index (κ2) is 6.35. The van der Waals surface area contributed by atoms with Crippen molar-refractivity contribution in [1.82, 2.24) is 4.31 Å². The Kier molecular flexibility index (Phi) is 5.06. The molecule has 1 heterocycles. The molecule has 2 rings (SSSR count). The van der Waals surface area contributed by atoms with E-state index in [1.807, 2.05) is 0 Å². The van der Waals surface area contributed by atoms with E-state index in [4.69, 9.17) is 17.3 Å². The van der Waals surface area contributed by atoms with Gasteiger partial charge in [-0.15, -0.1) is 0 Å². The molecule has 1 unspecified atom stereocenters. The summed E-state index contributed by atoms with van der Waals surface area (Å²) < 4.78 is 64.9. The fourth-order valence-corrected chi connectivity index (χ4v) is 4.74.